The van der Waals surface area contributed by atoms with Gasteiger partial charge < -0.3 is 18.1 Å². The summed E-state index contributed by atoms with van der Waals surface area (Å²) >= 11 is 0. The highest BCUT2D eigenvalue weighted by Gasteiger charge is 2.39. The Kier molecular flexibility index (Phi) is 16.2. The van der Waals surface area contributed by atoms with E-state index in [2.05, 4.69) is 13.8 Å². The number of hydrogen-bond donors (Lipinski definition) is 0. The molecule has 6 nitrogen and oxygen atoms in total. The lowest BCUT2D eigenvalue weighted by molar-refractivity contribution is -0.193. The van der Waals surface area contributed by atoms with Gasteiger partial charge in [0.15, 0.2) is 0 Å². The average molecular weight is 406 g/mol. The average Bonchev–Trinajstić information content (AvgIpc) is 2.65. The molecule has 0 aromatic heterocycles. The molecule has 0 aliphatic heterocycles. The van der Waals surface area contributed by atoms with Crippen LogP contribution in [0.3, 0.4) is 0 Å². The minimum atomic E-state index is -2.65. The van der Waals surface area contributed by atoms with Crippen molar-refractivity contribution in [3.8, 4) is 0 Å². The zero-order valence-corrected chi connectivity index (χ0v) is 19.6. The molecule has 0 radical (unpaired) electrons. The predicted molar refractivity (Wildman–Crippen MR) is 111 cm³/mol. The predicted octanol–water partition coefficient (Wildman–Crippen LogP) is 4.81. The van der Waals surface area contributed by atoms with Crippen molar-refractivity contribution in [1.29, 1.82) is 0 Å². The maximum absolute atomic E-state index is 11.8. The quantitative estimate of drug-likeness (QED) is 0.241. The molecule has 0 rings (SSSR count). The molecule has 0 bridgehead atoms. The van der Waals surface area contributed by atoms with Crippen LogP contribution in [0.15, 0.2) is 0 Å². The Bertz CT molecular complexity index is 353. The molecule has 162 valence electrons. The van der Waals surface area contributed by atoms with Gasteiger partial charge in [-0.3, -0.25) is 4.79 Å². The molecule has 0 aromatic rings. The zero-order chi connectivity index (χ0) is 20.5. The second kappa shape index (κ2) is 16.5. The van der Waals surface area contributed by atoms with Crippen LogP contribution in [-0.4, -0.2) is 52.7 Å². The molecule has 0 spiro atoms. The number of nitrogens with zero attached hydrogens (tertiary/aromatic N) is 1. The molecule has 0 aromatic carbocycles. The molecule has 27 heavy (non-hydrogen) atoms. The number of hydrogen-bond acceptors (Lipinski definition) is 6. The van der Waals surface area contributed by atoms with E-state index >= 15 is 0 Å². The van der Waals surface area contributed by atoms with Gasteiger partial charge in [-0.25, -0.2) is 0 Å². The molecular weight excluding hydrogens is 362 g/mol. The van der Waals surface area contributed by atoms with Gasteiger partial charge in [0, 0.05) is 45.4 Å². The lowest BCUT2D eigenvalue weighted by atomic mass is 9.99. The fourth-order valence-corrected chi connectivity index (χ4v) is 5.65. The number of carbonyl (C=O) groups excluding carboxylic acids is 1. The van der Waals surface area contributed by atoms with E-state index in [1.54, 1.807) is 0 Å². The Morgan fingerprint density at radius 3 is 1.96 bits per heavy atom. The second-order valence-corrected chi connectivity index (χ2v) is 9.44. The first-order valence-electron chi connectivity index (χ1n) is 10.9. The highest BCUT2D eigenvalue weighted by molar-refractivity contribution is 6.60. The SMILES string of the molecule is CCCCC(CC)CN(CCC[Si](OCC)(OCC)OCC)OC(=O)CC. The Morgan fingerprint density at radius 1 is 0.926 bits per heavy atom. The lowest BCUT2D eigenvalue weighted by Crippen LogP contribution is -2.46. The van der Waals surface area contributed by atoms with Gasteiger partial charge in [-0.05, 0) is 39.5 Å². The van der Waals surface area contributed by atoms with E-state index in [9.17, 15) is 4.79 Å². The van der Waals surface area contributed by atoms with Gasteiger partial charge in [-0.2, -0.15) is 0 Å². The molecule has 1 unspecified atom stereocenters. The molecule has 0 saturated heterocycles. The third-order valence-electron chi connectivity index (χ3n) is 4.51. The highest BCUT2D eigenvalue weighted by Crippen LogP contribution is 2.20. The van der Waals surface area contributed by atoms with Crippen molar-refractivity contribution in [3.05, 3.63) is 0 Å². The first kappa shape index (κ1) is 26.5. The van der Waals surface area contributed by atoms with E-state index in [0.717, 1.165) is 25.4 Å². The van der Waals surface area contributed by atoms with Gasteiger partial charge in [0.25, 0.3) is 0 Å². The van der Waals surface area contributed by atoms with Crippen molar-refractivity contribution in [1.82, 2.24) is 5.06 Å². The molecule has 0 saturated carbocycles. The van der Waals surface area contributed by atoms with Crippen LogP contribution < -0.4 is 0 Å². The van der Waals surface area contributed by atoms with Crippen LogP contribution in [0.4, 0.5) is 0 Å². The lowest BCUT2D eigenvalue weighted by Gasteiger charge is -2.30. The minimum Gasteiger partial charge on any atom is -0.374 e. The van der Waals surface area contributed by atoms with Gasteiger partial charge in [-0.1, -0.05) is 40.0 Å². The standard InChI is InChI=1S/C20H43NO5Si/c1-7-13-15-19(8-2)18-21(26-20(22)9-3)16-14-17-27(23-10-4,24-11-5)25-12-6/h19H,7-18H2,1-6H3. The Balaban J connectivity index is 4.85. The van der Waals surface area contributed by atoms with Gasteiger partial charge in [0.1, 0.15) is 0 Å². The summed E-state index contributed by atoms with van der Waals surface area (Å²) in [5.74, 6) is 0.366. The van der Waals surface area contributed by atoms with E-state index in [-0.39, 0.29) is 5.97 Å². The molecule has 0 aliphatic rings. The summed E-state index contributed by atoms with van der Waals surface area (Å²) in [4.78, 5) is 17.4. The van der Waals surface area contributed by atoms with Crippen LogP contribution in [0.2, 0.25) is 6.04 Å². The van der Waals surface area contributed by atoms with Crippen LogP contribution in [0.1, 0.15) is 80.1 Å². The van der Waals surface area contributed by atoms with Crippen molar-refractivity contribution in [3.63, 3.8) is 0 Å². The monoisotopic (exact) mass is 405 g/mol. The summed E-state index contributed by atoms with van der Waals surface area (Å²) in [6.45, 7) is 15.3. The topological polar surface area (TPSA) is 57.2 Å². The van der Waals surface area contributed by atoms with Crippen LogP contribution in [0.5, 0.6) is 0 Å². The molecule has 1 atom stereocenters. The molecule has 7 heteroatoms. The van der Waals surface area contributed by atoms with Crippen LogP contribution in [-0.2, 0) is 22.9 Å². The van der Waals surface area contributed by atoms with Gasteiger partial charge in [0.05, 0.1) is 0 Å². The number of rotatable bonds is 18. The van der Waals surface area contributed by atoms with Crippen molar-refractivity contribution in [2.75, 3.05) is 32.9 Å². The molecular formula is C20H43NO5Si. The van der Waals surface area contributed by atoms with E-state index in [0.29, 0.717) is 38.7 Å². The van der Waals surface area contributed by atoms with Crippen molar-refractivity contribution < 1.29 is 22.9 Å². The van der Waals surface area contributed by atoms with Crippen molar-refractivity contribution >= 4 is 14.8 Å². The van der Waals surface area contributed by atoms with E-state index in [1.807, 2.05) is 32.8 Å². The summed E-state index contributed by atoms with van der Waals surface area (Å²) in [5.41, 5.74) is 0. The fraction of sp³-hybridized carbons (Fsp3) is 0.950. The molecule has 0 amide bonds. The molecule has 0 fully saturated rings. The maximum Gasteiger partial charge on any atom is 0.500 e. The van der Waals surface area contributed by atoms with E-state index in [1.165, 1.54) is 19.3 Å². The van der Waals surface area contributed by atoms with Crippen LogP contribution in [0, 0.1) is 5.92 Å². The largest absolute Gasteiger partial charge is 0.500 e. The summed E-state index contributed by atoms with van der Waals surface area (Å²) in [5, 5.41) is 1.85. The zero-order valence-electron chi connectivity index (χ0n) is 18.6. The maximum atomic E-state index is 11.8. The summed E-state index contributed by atoms with van der Waals surface area (Å²) in [6, 6.07) is 0.731. The summed E-state index contributed by atoms with van der Waals surface area (Å²) in [7, 11) is -2.65. The van der Waals surface area contributed by atoms with E-state index < -0.39 is 8.80 Å². The number of unbranched alkanes of at least 4 members (excludes halogenated alkanes) is 1. The Labute approximate surface area is 168 Å². The summed E-state index contributed by atoms with van der Waals surface area (Å²) in [6.07, 6.45) is 5.86. The third kappa shape index (κ3) is 11.9. The second-order valence-electron chi connectivity index (χ2n) is 6.71. The molecule has 0 heterocycles. The molecule has 0 N–H and O–H groups in total. The number of carbonyl (C=O) groups is 1. The van der Waals surface area contributed by atoms with Crippen molar-refractivity contribution in [2.24, 2.45) is 5.92 Å². The first-order chi connectivity index (χ1) is 13.0. The normalized spacial score (nSPS) is 13.1. The van der Waals surface area contributed by atoms with Crippen molar-refractivity contribution in [2.45, 2.75) is 86.1 Å². The molecule has 0 aliphatic carbocycles. The first-order valence-corrected chi connectivity index (χ1v) is 12.8. The van der Waals surface area contributed by atoms with E-state index in [4.69, 9.17) is 18.1 Å². The minimum absolute atomic E-state index is 0.178. The highest BCUT2D eigenvalue weighted by atomic mass is 28.4. The fourth-order valence-electron chi connectivity index (χ4n) is 3.06. The summed E-state index contributed by atoms with van der Waals surface area (Å²) < 4.78 is 17.8. The number of hydroxylamine groups is 2. The van der Waals surface area contributed by atoms with Gasteiger partial charge >= 0.3 is 14.8 Å². The smallest absolute Gasteiger partial charge is 0.374 e. The Morgan fingerprint density at radius 2 is 1.52 bits per heavy atom. The third-order valence-corrected chi connectivity index (χ3v) is 7.66. The van der Waals surface area contributed by atoms with Gasteiger partial charge in [0.2, 0.25) is 0 Å². The van der Waals surface area contributed by atoms with Gasteiger partial charge in [-0.15, -0.1) is 5.06 Å². The van der Waals surface area contributed by atoms with Crippen LogP contribution in [0.25, 0.3) is 0 Å². The Hall–Kier alpha value is -0.473. The van der Waals surface area contributed by atoms with Crippen LogP contribution >= 0.6 is 0 Å².